The van der Waals surface area contributed by atoms with Crippen molar-refractivity contribution in [3.05, 3.63) is 0 Å². The summed E-state index contributed by atoms with van der Waals surface area (Å²) in [6.07, 6.45) is 1.02. The molecule has 6 nitrogen and oxygen atoms in total. The van der Waals surface area contributed by atoms with Crippen LogP contribution in [0.5, 0.6) is 0 Å². The summed E-state index contributed by atoms with van der Waals surface area (Å²) in [6.45, 7) is 6.97. The summed E-state index contributed by atoms with van der Waals surface area (Å²) in [6, 6.07) is -0.660. The van der Waals surface area contributed by atoms with Crippen LogP contribution < -0.4 is 16.4 Å². The first kappa shape index (κ1) is 13.3. The second-order valence-electron chi connectivity index (χ2n) is 5.28. The van der Waals surface area contributed by atoms with Crippen molar-refractivity contribution in [3.63, 3.8) is 0 Å². The third-order valence-electron chi connectivity index (χ3n) is 4.30. The molecule has 2 fully saturated rings. The number of likely N-dealkylation sites (tertiary alicyclic amines) is 1. The number of carbonyl (C=O) groups excluding carboxylic acids is 2. The minimum Gasteiger partial charge on any atom is -0.351 e. The molecule has 3 amide bonds. The summed E-state index contributed by atoms with van der Waals surface area (Å²) < 4.78 is 0. The van der Waals surface area contributed by atoms with Gasteiger partial charge in [-0.25, -0.2) is 4.79 Å². The zero-order valence-corrected chi connectivity index (χ0v) is 11.0. The third kappa shape index (κ3) is 2.35. The van der Waals surface area contributed by atoms with Crippen LogP contribution in [0.1, 0.15) is 20.3 Å². The number of urea groups is 1. The van der Waals surface area contributed by atoms with E-state index in [-0.39, 0.29) is 11.9 Å². The van der Waals surface area contributed by atoms with Crippen LogP contribution in [0, 0.1) is 11.8 Å². The average Bonchev–Trinajstić information content (AvgIpc) is 2.85. The van der Waals surface area contributed by atoms with Gasteiger partial charge in [0.2, 0.25) is 5.91 Å². The molecule has 6 heteroatoms. The Labute approximate surface area is 107 Å². The monoisotopic (exact) mass is 254 g/mol. The fourth-order valence-corrected chi connectivity index (χ4v) is 3.41. The number of imide groups is 1. The van der Waals surface area contributed by atoms with Gasteiger partial charge in [-0.15, -0.1) is 0 Å². The van der Waals surface area contributed by atoms with E-state index >= 15 is 0 Å². The second kappa shape index (κ2) is 5.24. The maximum Gasteiger partial charge on any atom is 0.318 e. The molecule has 2 rings (SSSR count). The van der Waals surface area contributed by atoms with Crippen molar-refractivity contribution in [1.29, 1.82) is 0 Å². The summed E-state index contributed by atoms with van der Waals surface area (Å²) in [5, 5.41) is 5.58. The van der Waals surface area contributed by atoms with Crippen LogP contribution in [-0.4, -0.2) is 48.6 Å². The Morgan fingerprint density at radius 3 is 2.83 bits per heavy atom. The van der Waals surface area contributed by atoms with Gasteiger partial charge >= 0.3 is 6.03 Å². The number of rotatable bonds is 3. The molecule has 2 aliphatic rings. The molecule has 0 bridgehead atoms. The zero-order chi connectivity index (χ0) is 13.3. The molecule has 0 saturated carbocycles. The van der Waals surface area contributed by atoms with Gasteiger partial charge < -0.3 is 11.1 Å². The lowest BCUT2D eigenvalue weighted by atomic mass is 9.92. The Bertz CT molecular complexity index is 347. The summed E-state index contributed by atoms with van der Waals surface area (Å²) in [5.74, 6) is 0.950. The van der Waals surface area contributed by atoms with Gasteiger partial charge in [0.25, 0.3) is 0 Å². The highest BCUT2D eigenvalue weighted by Gasteiger charge is 2.45. The normalized spacial score (nSPS) is 33.1. The largest absolute Gasteiger partial charge is 0.351 e. The van der Waals surface area contributed by atoms with E-state index < -0.39 is 6.03 Å². The molecular weight excluding hydrogens is 232 g/mol. The number of hydrogen-bond acceptors (Lipinski definition) is 4. The van der Waals surface area contributed by atoms with Crippen LogP contribution >= 0.6 is 0 Å². The van der Waals surface area contributed by atoms with E-state index in [0.717, 1.165) is 26.1 Å². The Balaban J connectivity index is 2.03. The van der Waals surface area contributed by atoms with E-state index in [0.29, 0.717) is 17.9 Å². The number of nitrogens with one attached hydrogen (secondary N) is 2. The van der Waals surface area contributed by atoms with Crippen molar-refractivity contribution in [2.24, 2.45) is 17.6 Å². The molecule has 18 heavy (non-hydrogen) atoms. The Morgan fingerprint density at radius 2 is 2.22 bits per heavy atom. The lowest BCUT2D eigenvalue weighted by molar-refractivity contribution is -0.125. The molecule has 0 radical (unpaired) electrons. The highest BCUT2D eigenvalue weighted by atomic mass is 16.2. The van der Waals surface area contributed by atoms with E-state index in [9.17, 15) is 9.59 Å². The number of nitrogens with zero attached hydrogens (tertiary/aromatic N) is 1. The smallest absolute Gasteiger partial charge is 0.318 e. The molecule has 4 atom stereocenters. The molecule has 2 heterocycles. The van der Waals surface area contributed by atoms with E-state index in [4.69, 9.17) is 5.73 Å². The maximum atomic E-state index is 11.9. The number of fused-ring (bicyclic) bond motifs is 1. The van der Waals surface area contributed by atoms with Crippen LogP contribution in [0.3, 0.4) is 0 Å². The zero-order valence-electron chi connectivity index (χ0n) is 11.0. The molecule has 2 aliphatic heterocycles. The molecular formula is C12H22N4O2. The van der Waals surface area contributed by atoms with Crippen LogP contribution in [0.4, 0.5) is 4.79 Å². The van der Waals surface area contributed by atoms with Crippen molar-refractivity contribution in [1.82, 2.24) is 15.5 Å². The van der Waals surface area contributed by atoms with E-state index in [1.165, 1.54) is 0 Å². The molecule has 102 valence electrons. The van der Waals surface area contributed by atoms with Gasteiger partial charge in [-0.2, -0.15) is 0 Å². The van der Waals surface area contributed by atoms with Crippen LogP contribution in [-0.2, 0) is 4.79 Å². The van der Waals surface area contributed by atoms with Crippen LogP contribution in [0.25, 0.3) is 0 Å². The molecule has 0 spiro atoms. The fourth-order valence-electron chi connectivity index (χ4n) is 3.41. The van der Waals surface area contributed by atoms with Crippen molar-refractivity contribution in [3.8, 4) is 0 Å². The highest BCUT2D eigenvalue weighted by Crippen LogP contribution is 2.35. The lowest BCUT2D eigenvalue weighted by Crippen LogP contribution is -2.51. The standard InChI is InChI=1S/C12H22N4O2/c1-3-10-9-5-14-4-8(9)6-16(10)7(2)11(17)15-12(13)18/h7-10,14H,3-6H2,1-2H3,(H3,13,15,17,18). The number of hydrogen-bond donors (Lipinski definition) is 3. The Morgan fingerprint density at radius 1 is 1.50 bits per heavy atom. The van der Waals surface area contributed by atoms with Crippen LogP contribution in [0.2, 0.25) is 0 Å². The minimum atomic E-state index is -0.777. The Kier molecular flexibility index (Phi) is 3.87. The third-order valence-corrected chi connectivity index (χ3v) is 4.30. The van der Waals surface area contributed by atoms with Crippen molar-refractivity contribution >= 4 is 11.9 Å². The lowest BCUT2D eigenvalue weighted by Gasteiger charge is -2.31. The first-order valence-electron chi connectivity index (χ1n) is 6.61. The minimum absolute atomic E-state index is 0.297. The summed E-state index contributed by atoms with van der Waals surface area (Å²) in [5.41, 5.74) is 4.99. The van der Waals surface area contributed by atoms with Crippen molar-refractivity contribution < 1.29 is 9.59 Å². The van der Waals surface area contributed by atoms with Crippen LogP contribution in [0.15, 0.2) is 0 Å². The van der Waals surface area contributed by atoms with E-state index in [1.54, 1.807) is 0 Å². The van der Waals surface area contributed by atoms with E-state index in [1.807, 2.05) is 6.92 Å². The molecule has 4 N–H and O–H groups in total. The van der Waals surface area contributed by atoms with Gasteiger partial charge in [-0.05, 0) is 38.3 Å². The summed E-state index contributed by atoms with van der Waals surface area (Å²) in [4.78, 5) is 24.8. The first-order chi connectivity index (χ1) is 8.54. The van der Waals surface area contributed by atoms with Gasteiger partial charge in [-0.1, -0.05) is 6.92 Å². The van der Waals surface area contributed by atoms with Gasteiger partial charge in [0.15, 0.2) is 0 Å². The molecule has 2 saturated heterocycles. The molecule has 0 aromatic rings. The SMILES string of the molecule is CCC1C2CNCC2CN1C(C)C(=O)NC(N)=O. The molecule has 4 unspecified atom stereocenters. The van der Waals surface area contributed by atoms with Crippen molar-refractivity contribution in [2.75, 3.05) is 19.6 Å². The Hall–Kier alpha value is -1.14. The van der Waals surface area contributed by atoms with E-state index in [2.05, 4.69) is 22.5 Å². The average molecular weight is 254 g/mol. The summed E-state index contributed by atoms with van der Waals surface area (Å²) in [7, 11) is 0. The number of primary amides is 1. The number of carbonyl (C=O) groups is 2. The second-order valence-corrected chi connectivity index (χ2v) is 5.28. The number of amides is 3. The number of nitrogens with two attached hydrogens (primary N) is 1. The maximum absolute atomic E-state index is 11.9. The van der Waals surface area contributed by atoms with Gasteiger partial charge in [0.1, 0.15) is 0 Å². The molecule has 0 aliphatic carbocycles. The molecule has 0 aromatic heterocycles. The summed E-state index contributed by atoms with van der Waals surface area (Å²) >= 11 is 0. The predicted octanol–water partition coefficient (Wildman–Crippen LogP) is -0.500. The predicted molar refractivity (Wildman–Crippen MR) is 67.8 cm³/mol. The van der Waals surface area contributed by atoms with Gasteiger partial charge in [0, 0.05) is 12.6 Å². The quantitative estimate of drug-likeness (QED) is 0.633. The molecule has 0 aromatic carbocycles. The fraction of sp³-hybridized carbons (Fsp3) is 0.833. The van der Waals surface area contributed by atoms with Gasteiger partial charge in [0.05, 0.1) is 6.04 Å². The van der Waals surface area contributed by atoms with Crippen molar-refractivity contribution in [2.45, 2.75) is 32.4 Å². The van der Waals surface area contributed by atoms with Gasteiger partial charge in [-0.3, -0.25) is 15.0 Å². The first-order valence-corrected chi connectivity index (χ1v) is 6.61. The highest BCUT2D eigenvalue weighted by molar-refractivity contribution is 5.96. The topological polar surface area (TPSA) is 87.5 Å².